The van der Waals surface area contributed by atoms with Gasteiger partial charge in [-0.2, -0.15) is 0 Å². The minimum Gasteiger partial charge on any atom is -0.467 e. The number of furan rings is 1. The van der Waals surface area contributed by atoms with Crippen molar-refractivity contribution < 1.29 is 13.9 Å². The fourth-order valence-electron chi connectivity index (χ4n) is 3.72. The first-order valence-electron chi connectivity index (χ1n) is 10.7. The molecule has 6 heteroatoms. The summed E-state index contributed by atoms with van der Waals surface area (Å²) < 4.78 is 11.0. The predicted octanol–water partition coefficient (Wildman–Crippen LogP) is 3.11. The van der Waals surface area contributed by atoms with Crippen LogP contribution >= 0.6 is 0 Å². The van der Waals surface area contributed by atoms with Crippen molar-refractivity contribution in [3.05, 3.63) is 95.4 Å². The molecule has 0 bridgehead atoms. The quantitative estimate of drug-likeness (QED) is 0.558. The molecule has 162 valence electrons. The van der Waals surface area contributed by atoms with Crippen LogP contribution in [0.4, 0.5) is 0 Å². The molecule has 6 nitrogen and oxygen atoms in total. The lowest BCUT2D eigenvalue weighted by Crippen LogP contribution is -2.36. The van der Waals surface area contributed by atoms with Crippen molar-refractivity contribution in [3.8, 4) is 0 Å². The van der Waals surface area contributed by atoms with E-state index in [9.17, 15) is 4.79 Å². The highest BCUT2D eigenvalue weighted by Gasteiger charge is 2.17. The topological polar surface area (TPSA) is 66.7 Å². The van der Waals surface area contributed by atoms with Crippen molar-refractivity contribution in [3.63, 3.8) is 0 Å². The number of ether oxygens (including phenoxy) is 1. The van der Waals surface area contributed by atoms with Gasteiger partial charge in [0.1, 0.15) is 5.76 Å². The molecule has 1 aromatic heterocycles. The maximum atomic E-state index is 12.4. The molecular weight excluding hydrogens is 390 g/mol. The van der Waals surface area contributed by atoms with Crippen molar-refractivity contribution in [1.29, 1.82) is 0 Å². The number of hydrogen-bond acceptors (Lipinski definition) is 5. The Morgan fingerprint density at radius 3 is 2.39 bits per heavy atom. The number of carbonyl (C=O) groups excluding carboxylic acids is 1. The summed E-state index contributed by atoms with van der Waals surface area (Å²) in [7, 11) is 0. The fraction of sp³-hybridized carbons (Fsp3) is 0.320. The normalized spacial score (nSPS) is 15.5. The molecule has 2 aromatic carbocycles. The van der Waals surface area contributed by atoms with Crippen LogP contribution in [0.5, 0.6) is 0 Å². The average molecular weight is 420 g/mol. The standard InChI is InChI=1S/C25H29N3O3/c29-24(18-27-25(23-7-4-14-31-23)22-5-2-1-3-6-22)26-17-20-8-10-21(11-9-20)19-28-12-15-30-16-13-28/h1-11,14,25,27H,12-13,15-19H2,(H,26,29)/t25-/m1/s1. The Labute approximate surface area is 183 Å². The Morgan fingerprint density at radius 1 is 0.935 bits per heavy atom. The Bertz CT molecular complexity index is 920. The second-order valence-corrected chi connectivity index (χ2v) is 7.72. The van der Waals surface area contributed by atoms with Gasteiger partial charge in [-0.3, -0.25) is 15.0 Å². The van der Waals surface area contributed by atoms with E-state index < -0.39 is 0 Å². The molecule has 4 rings (SSSR count). The van der Waals surface area contributed by atoms with E-state index in [1.54, 1.807) is 6.26 Å². The third-order valence-corrected chi connectivity index (χ3v) is 5.45. The molecule has 1 aliphatic heterocycles. The first-order chi connectivity index (χ1) is 15.3. The zero-order chi connectivity index (χ0) is 21.3. The van der Waals surface area contributed by atoms with Crippen molar-refractivity contribution in [1.82, 2.24) is 15.5 Å². The van der Waals surface area contributed by atoms with E-state index in [4.69, 9.17) is 9.15 Å². The van der Waals surface area contributed by atoms with E-state index in [2.05, 4.69) is 39.8 Å². The van der Waals surface area contributed by atoms with Gasteiger partial charge in [0, 0.05) is 26.2 Å². The number of nitrogens with one attached hydrogen (secondary N) is 2. The molecule has 1 fully saturated rings. The number of carbonyl (C=O) groups is 1. The summed E-state index contributed by atoms with van der Waals surface area (Å²) >= 11 is 0. The van der Waals surface area contributed by atoms with Crippen LogP contribution in [0.15, 0.2) is 77.4 Å². The van der Waals surface area contributed by atoms with Crippen LogP contribution in [0.3, 0.4) is 0 Å². The molecule has 0 spiro atoms. The maximum Gasteiger partial charge on any atom is 0.234 e. The van der Waals surface area contributed by atoms with Crippen molar-refractivity contribution >= 4 is 5.91 Å². The van der Waals surface area contributed by atoms with Gasteiger partial charge in [-0.15, -0.1) is 0 Å². The molecular formula is C25H29N3O3. The van der Waals surface area contributed by atoms with E-state index >= 15 is 0 Å². The largest absolute Gasteiger partial charge is 0.467 e. The smallest absolute Gasteiger partial charge is 0.234 e. The Hall–Kier alpha value is -2.93. The molecule has 1 amide bonds. The highest BCUT2D eigenvalue weighted by Crippen LogP contribution is 2.22. The van der Waals surface area contributed by atoms with Crippen LogP contribution in [-0.2, 0) is 22.6 Å². The number of nitrogens with zero attached hydrogens (tertiary/aromatic N) is 1. The van der Waals surface area contributed by atoms with Crippen LogP contribution in [0, 0.1) is 0 Å². The van der Waals surface area contributed by atoms with Gasteiger partial charge < -0.3 is 14.5 Å². The molecule has 1 saturated heterocycles. The van der Waals surface area contributed by atoms with Crippen molar-refractivity contribution in [2.75, 3.05) is 32.8 Å². The lowest BCUT2D eigenvalue weighted by Gasteiger charge is -2.26. The third kappa shape index (κ3) is 6.28. The highest BCUT2D eigenvalue weighted by atomic mass is 16.5. The highest BCUT2D eigenvalue weighted by molar-refractivity contribution is 5.78. The summed E-state index contributed by atoms with van der Waals surface area (Å²) in [6.07, 6.45) is 1.65. The van der Waals surface area contributed by atoms with Crippen molar-refractivity contribution in [2.45, 2.75) is 19.1 Å². The van der Waals surface area contributed by atoms with Gasteiger partial charge in [-0.25, -0.2) is 0 Å². The van der Waals surface area contributed by atoms with Crippen molar-refractivity contribution in [2.24, 2.45) is 0 Å². The second-order valence-electron chi connectivity index (χ2n) is 7.72. The van der Waals surface area contributed by atoms with Crippen LogP contribution in [0.25, 0.3) is 0 Å². The van der Waals surface area contributed by atoms with Crippen LogP contribution in [0.2, 0.25) is 0 Å². The molecule has 0 unspecified atom stereocenters. The number of rotatable bonds is 9. The zero-order valence-electron chi connectivity index (χ0n) is 17.6. The molecule has 31 heavy (non-hydrogen) atoms. The van der Waals surface area contributed by atoms with Gasteiger partial charge in [-0.05, 0) is 28.8 Å². The minimum atomic E-state index is -0.165. The first-order valence-corrected chi connectivity index (χ1v) is 10.7. The Morgan fingerprint density at radius 2 is 1.68 bits per heavy atom. The van der Waals surface area contributed by atoms with Gasteiger partial charge in [0.05, 0.1) is 32.1 Å². The summed E-state index contributed by atoms with van der Waals surface area (Å²) in [5.74, 6) is 0.736. The van der Waals surface area contributed by atoms with Crippen LogP contribution < -0.4 is 10.6 Å². The van der Waals surface area contributed by atoms with Gasteiger partial charge in [0.2, 0.25) is 5.91 Å². The lowest BCUT2D eigenvalue weighted by atomic mass is 10.0. The second kappa shape index (κ2) is 10.9. The number of amides is 1. The van der Waals surface area contributed by atoms with Gasteiger partial charge in [0.15, 0.2) is 0 Å². The number of morpholine rings is 1. The van der Waals surface area contributed by atoms with E-state index in [0.717, 1.165) is 49.7 Å². The van der Waals surface area contributed by atoms with E-state index in [-0.39, 0.29) is 18.5 Å². The first kappa shape index (κ1) is 21.3. The SMILES string of the molecule is O=C(CN[C@H](c1ccccc1)c1ccco1)NCc1ccc(CN2CCOCC2)cc1. The summed E-state index contributed by atoms with van der Waals surface area (Å²) in [5, 5.41) is 6.30. The molecule has 0 radical (unpaired) electrons. The maximum absolute atomic E-state index is 12.4. The van der Waals surface area contributed by atoms with E-state index in [1.165, 1.54) is 5.56 Å². The number of hydrogen-bond donors (Lipinski definition) is 2. The zero-order valence-corrected chi connectivity index (χ0v) is 17.6. The fourth-order valence-corrected chi connectivity index (χ4v) is 3.72. The molecule has 0 aliphatic carbocycles. The monoisotopic (exact) mass is 419 g/mol. The molecule has 3 aromatic rings. The molecule has 1 aliphatic rings. The van der Waals surface area contributed by atoms with Crippen LogP contribution in [-0.4, -0.2) is 43.7 Å². The Balaban J connectivity index is 1.25. The lowest BCUT2D eigenvalue weighted by molar-refractivity contribution is -0.120. The van der Waals surface area contributed by atoms with E-state index in [0.29, 0.717) is 6.54 Å². The summed E-state index contributed by atoms with van der Waals surface area (Å²) in [5.41, 5.74) is 3.42. The summed E-state index contributed by atoms with van der Waals surface area (Å²) in [4.78, 5) is 14.8. The average Bonchev–Trinajstić information content (AvgIpc) is 3.35. The molecule has 0 saturated carbocycles. The molecule has 2 heterocycles. The summed E-state index contributed by atoms with van der Waals surface area (Å²) in [6, 6.07) is 22.0. The molecule has 1 atom stereocenters. The minimum absolute atomic E-state index is 0.0510. The Kier molecular flexibility index (Phi) is 7.50. The van der Waals surface area contributed by atoms with Gasteiger partial charge in [0.25, 0.3) is 0 Å². The predicted molar refractivity (Wildman–Crippen MR) is 119 cm³/mol. The number of benzene rings is 2. The van der Waals surface area contributed by atoms with Gasteiger partial charge >= 0.3 is 0 Å². The third-order valence-electron chi connectivity index (χ3n) is 5.45. The summed E-state index contributed by atoms with van der Waals surface area (Å²) in [6.45, 7) is 5.23. The van der Waals surface area contributed by atoms with Crippen LogP contribution in [0.1, 0.15) is 28.5 Å². The van der Waals surface area contributed by atoms with E-state index in [1.807, 2.05) is 42.5 Å². The van der Waals surface area contributed by atoms with Gasteiger partial charge in [-0.1, -0.05) is 54.6 Å². The molecule has 2 N–H and O–H groups in total.